The molecule has 2 aromatic carbocycles. The molecule has 0 saturated carbocycles. The highest BCUT2D eigenvalue weighted by molar-refractivity contribution is 5.94. The van der Waals surface area contributed by atoms with Gasteiger partial charge < -0.3 is 20.3 Å². The van der Waals surface area contributed by atoms with Gasteiger partial charge in [0.1, 0.15) is 17.1 Å². The molecule has 0 heterocycles. The van der Waals surface area contributed by atoms with Crippen LogP contribution in [0, 0.1) is 5.92 Å². The lowest BCUT2D eigenvalue weighted by Gasteiger charge is -2.21. The zero-order valence-electron chi connectivity index (χ0n) is 14.8. The first-order chi connectivity index (χ1) is 12.4. The summed E-state index contributed by atoms with van der Waals surface area (Å²) in [7, 11) is 0. The molecule has 6 nitrogen and oxygen atoms in total. The van der Waals surface area contributed by atoms with Crippen molar-refractivity contribution < 1.29 is 24.5 Å². The van der Waals surface area contributed by atoms with Gasteiger partial charge in [0.2, 0.25) is 0 Å². The zero-order valence-corrected chi connectivity index (χ0v) is 14.8. The number of benzene rings is 2. The molecule has 0 aliphatic rings. The largest absolute Gasteiger partial charge is 0.508 e. The van der Waals surface area contributed by atoms with Gasteiger partial charge in [0, 0.05) is 6.07 Å². The fourth-order valence-corrected chi connectivity index (χ4v) is 2.57. The highest BCUT2D eigenvalue weighted by Gasteiger charge is 2.18. The lowest BCUT2D eigenvalue weighted by molar-refractivity contribution is -0.125. The second kappa shape index (κ2) is 8.89. The van der Waals surface area contributed by atoms with Crippen LogP contribution in [0.1, 0.15) is 42.2 Å². The first-order valence-corrected chi connectivity index (χ1v) is 8.40. The second-order valence-corrected chi connectivity index (χ2v) is 6.44. The molecule has 6 heteroatoms. The summed E-state index contributed by atoms with van der Waals surface area (Å²) in [6, 6.07) is 12.9. The Kier molecular flexibility index (Phi) is 6.60. The van der Waals surface area contributed by atoms with Crippen LogP contribution in [-0.2, 0) is 9.53 Å². The van der Waals surface area contributed by atoms with Crippen molar-refractivity contribution in [2.24, 2.45) is 5.92 Å². The number of amides is 1. The summed E-state index contributed by atoms with van der Waals surface area (Å²) < 4.78 is 4.96. The van der Waals surface area contributed by atoms with E-state index in [2.05, 4.69) is 19.2 Å². The monoisotopic (exact) mass is 357 g/mol. The van der Waals surface area contributed by atoms with Crippen LogP contribution in [0.2, 0.25) is 0 Å². The van der Waals surface area contributed by atoms with E-state index in [9.17, 15) is 19.8 Å². The fraction of sp³-hybridized carbons (Fsp3) is 0.300. The number of nitrogens with one attached hydrogen (secondary N) is 1. The van der Waals surface area contributed by atoms with Gasteiger partial charge in [-0.25, -0.2) is 4.79 Å². The molecule has 0 aliphatic carbocycles. The van der Waals surface area contributed by atoms with Gasteiger partial charge in [-0.2, -0.15) is 0 Å². The Hall–Kier alpha value is -3.02. The molecule has 0 aromatic heterocycles. The number of hydrogen-bond acceptors (Lipinski definition) is 5. The topological polar surface area (TPSA) is 95.9 Å². The summed E-state index contributed by atoms with van der Waals surface area (Å²) in [6.07, 6.45) is 0.752. The quantitative estimate of drug-likeness (QED) is 0.662. The SMILES string of the molecule is CC(C)C[C@H](NC(=O)COC(=O)c1ccc(O)cc1O)c1ccccc1. The normalized spacial score (nSPS) is 11.8. The van der Waals surface area contributed by atoms with E-state index >= 15 is 0 Å². The molecule has 0 bridgehead atoms. The third kappa shape index (κ3) is 5.51. The first kappa shape index (κ1) is 19.3. The number of hydrogen-bond donors (Lipinski definition) is 3. The number of rotatable bonds is 7. The minimum absolute atomic E-state index is 0.114. The van der Waals surface area contributed by atoms with Crippen LogP contribution >= 0.6 is 0 Å². The maximum atomic E-state index is 12.2. The van der Waals surface area contributed by atoms with E-state index in [4.69, 9.17) is 4.74 Å². The summed E-state index contributed by atoms with van der Waals surface area (Å²) >= 11 is 0. The first-order valence-electron chi connectivity index (χ1n) is 8.40. The number of esters is 1. The van der Waals surface area contributed by atoms with Crippen LogP contribution in [0.15, 0.2) is 48.5 Å². The summed E-state index contributed by atoms with van der Waals surface area (Å²) in [4.78, 5) is 24.2. The molecular weight excluding hydrogens is 334 g/mol. The van der Waals surface area contributed by atoms with Crippen molar-refractivity contribution in [1.82, 2.24) is 5.32 Å². The second-order valence-electron chi connectivity index (χ2n) is 6.44. The van der Waals surface area contributed by atoms with Crippen molar-refractivity contribution >= 4 is 11.9 Å². The number of carbonyl (C=O) groups is 2. The fourth-order valence-electron chi connectivity index (χ4n) is 2.57. The van der Waals surface area contributed by atoms with Crippen LogP contribution in [0.4, 0.5) is 0 Å². The van der Waals surface area contributed by atoms with Gasteiger partial charge in [0.15, 0.2) is 6.61 Å². The van der Waals surface area contributed by atoms with Gasteiger partial charge in [-0.05, 0) is 30.0 Å². The molecule has 1 atom stereocenters. The van der Waals surface area contributed by atoms with E-state index in [1.54, 1.807) is 0 Å². The number of carbonyl (C=O) groups excluding carboxylic acids is 2. The standard InChI is InChI=1S/C20H23NO5/c1-13(2)10-17(14-6-4-3-5-7-14)21-19(24)12-26-20(25)16-9-8-15(22)11-18(16)23/h3-9,11,13,17,22-23H,10,12H2,1-2H3,(H,21,24)/t17-/m0/s1. The van der Waals surface area contributed by atoms with Crippen molar-refractivity contribution in [1.29, 1.82) is 0 Å². The summed E-state index contributed by atoms with van der Waals surface area (Å²) in [5.41, 5.74) is 0.870. The molecule has 0 spiro atoms. The maximum Gasteiger partial charge on any atom is 0.342 e. The molecule has 0 radical (unpaired) electrons. The van der Waals surface area contributed by atoms with Gasteiger partial charge in [0.05, 0.1) is 6.04 Å². The molecule has 26 heavy (non-hydrogen) atoms. The lowest BCUT2D eigenvalue weighted by Crippen LogP contribution is -2.33. The molecule has 0 aliphatic heterocycles. The van der Waals surface area contributed by atoms with Crippen LogP contribution in [0.5, 0.6) is 11.5 Å². The Morgan fingerprint density at radius 1 is 1.08 bits per heavy atom. The predicted molar refractivity (Wildman–Crippen MR) is 96.8 cm³/mol. The minimum atomic E-state index is -0.835. The molecule has 138 valence electrons. The average molecular weight is 357 g/mol. The van der Waals surface area contributed by atoms with E-state index in [-0.39, 0.29) is 17.4 Å². The van der Waals surface area contributed by atoms with Crippen molar-refractivity contribution in [3.05, 3.63) is 59.7 Å². The third-order valence-corrected chi connectivity index (χ3v) is 3.78. The molecule has 1 amide bonds. The number of phenolic OH excluding ortho intramolecular Hbond substituents is 2. The Bertz CT molecular complexity index is 758. The molecule has 0 fully saturated rings. The summed E-state index contributed by atoms with van der Waals surface area (Å²) in [5.74, 6) is -1.46. The van der Waals surface area contributed by atoms with Crippen LogP contribution < -0.4 is 5.32 Å². The van der Waals surface area contributed by atoms with Crippen LogP contribution in [0.3, 0.4) is 0 Å². The predicted octanol–water partition coefficient (Wildman–Crippen LogP) is 3.16. The van der Waals surface area contributed by atoms with E-state index in [1.807, 2.05) is 30.3 Å². The van der Waals surface area contributed by atoms with Crippen molar-refractivity contribution in [3.8, 4) is 11.5 Å². The molecule has 2 aromatic rings. The van der Waals surface area contributed by atoms with Gasteiger partial charge in [-0.15, -0.1) is 0 Å². The number of aromatic hydroxyl groups is 2. The van der Waals surface area contributed by atoms with Gasteiger partial charge in [-0.3, -0.25) is 4.79 Å². The smallest absolute Gasteiger partial charge is 0.342 e. The third-order valence-electron chi connectivity index (χ3n) is 3.78. The van der Waals surface area contributed by atoms with Gasteiger partial charge >= 0.3 is 5.97 Å². The Labute approximate surface area is 152 Å². The Morgan fingerprint density at radius 3 is 2.38 bits per heavy atom. The zero-order chi connectivity index (χ0) is 19.1. The molecule has 0 saturated heterocycles. The molecular formula is C20H23NO5. The van der Waals surface area contributed by atoms with E-state index in [0.717, 1.165) is 18.1 Å². The molecule has 0 unspecified atom stereocenters. The molecule has 2 rings (SSSR count). The van der Waals surface area contributed by atoms with Crippen molar-refractivity contribution in [2.45, 2.75) is 26.3 Å². The van der Waals surface area contributed by atoms with Crippen molar-refractivity contribution in [3.63, 3.8) is 0 Å². The summed E-state index contributed by atoms with van der Waals surface area (Å²) in [6.45, 7) is 3.67. The minimum Gasteiger partial charge on any atom is -0.508 e. The van der Waals surface area contributed by atoms with E-state index in [1.165, 1.54) is 12.1 Å². The van der Waals surface area contributed by atoms with Crippen LogP contribution in [-0.4, -0.2) is 28.7 Å². The van der Waals surface area contributed by atoms with Gasteiger partial charge in [0.25, 0.3) is 5.91 Å². The lowest BCUT2D eigenvalue weighted by atomic mass is 9.97. The van der Waals surface area contributed by atoms with E-state index < -0.39 is 24.2 Å². The number of ether oxygens (including phenoxy) is 1. The highest BCUT2D eigenvalue weighted by atomic mass is 16.5. The van der Waals surface area contributed by atoms with Gasteiger partial charge in [-0.1, -0.05) is 44.2 Å². The van der Waals surface area contributed by atoms with Crippen molar-refractivity contribution in [2.75, 3.05) is 6.61 Å². The highest BCUT2D eigenvalue weighted by Crippen LogP contribution is 2.23. The number of phenols is 2. The maximum absolute atomic E-state index is 12.2. The summed E-state index contributed by atoms with van der Waals surface area (Å²) in [5, 5.41) is 21.8. The average Bonchev–Trinajstić information content (AvgIpc) is 2.59. The molecule has 3 N–H and O–H groups in total. The Balaban J connectivity index is 1.96. The van der Waals surface area contributed by atoms with Crippen LogP contribution in [0.25, 0.3) is 0 Å². The Morgan fingerprint density at radius 2 is 1.77 bits per heavy atom. The van der Waals surface area contributed by atoms with E-state index in [0.29, 0.717) is 5.92 Å².